The molecule has 3 rings (SSSR count). The third-order valence-electron chi connectivity index (χ3n) is 3.51. The number of anilines is 1. The first kappa shape index (κ1) is 16.7. The first-order valence-corrected chi connectivity index (χ1v) is 8.19. The van der Waals surface area contributed by atoms with Crippen LogP contribution in [0, 0.1) is 6.92 Å². The van der Waals surface area contributed by atoms with E-state index < -0.39 is 11.9 Å². The Labute approximate surface area is 147 Å². The summed E-state index contributed by atoms with van der Waals surface area (Å²) in [4.78, 5) is 30.9. The highest BCUT2D eigenvalue weighted by atomic mass is 32.1. The van der Waals surface area contributed by atoms with Crippen LogP contribution in [0.25, 0.3) is 11.3 Å². The van der Waals surface area contributed by atoms with Crippen molar-refractivity contribution in [1.82, 2.24) is 9.97 Å². The third kappa shape index (κ3) is 3.53. The van der Waals surface area contributed by atoms with E-state index in [1.54, 1.807) is 29.8 Å². The number of benzene rings is 1. The number of amides is 1. The number of thiazole rings is 1. The number of carbonyl (C=O) groups excluding carboxylic acids is 2. The fourth-order valence-corrected chi connectivity index (χ4v) is 2.95. The van der Waals surface area contributed by atoms with Crippen molar-refractivity contribution in [2.45, 2.75) is 6.92 Å². The number of esters is 1. The van der Waals surface area contributed by atoms with Crippen molar-refractivity contribution in [3.8, 4) is 17.0 Å². The number of aromatic hydroxyl groups is 1. The maximum atomic E-state index is 12.3. The summed E-state index contributed by atoms with van der Waals surface area (Å²) in [5, 5.41) is 14.7. The molecule has 0 spiro atoms. The topological polar surface area (TPSA) is 104 Å². The molecule has 128 valence electrons. The molecule has 3 aromatic rings. The molecule has 3 N–H and O–H groups in total. The number of methoxy groups -OCH3 is 1. The molecule has 0 saturated carbocycles. The van der Waals surface area contributed by atoms with Gasteiger partial charge in [-0.05, 0) is 30.7 Å². The van der Waals surface area contributed by atoms with Gasteiger partial charge in [0.15, 0.2) is 5.13 Å². The molecule has 1 amide bonds. The summed E-state index contributed by atoms with van der Waals surface area (Å²) < 4.78 is 4.64. The lowest BCUT2D eigenvalue weighted by atomic mass is 10.1. The van der Waals surface area contributed by atoms with Gasteiger partial charge in [0.1, 0.15) is 11.4 Å². The predicted molar refractivity (Wildman–Crippen MR) is 94.0 cm³/mol. The average Bonchev–Trinajstić information content (AvgIpc) is 3.23. The number of aryl methyl sites for hydroxylation is 1. The van der Waals surface area contributed by atoms with Crippen molar-refractivity contribution < 1.29 is 19.4 Å². The molecule has 0 aliphatic carbocycles. The molecule has 1 aromatic carbocycles. The SMILES string of the molecule is COC(=O)c1cc(-c2csc(NC(=O)c3ccc(C)cc3O)n2)c[nH]1. The van der Waals surface area contributed by atoms with Gasteiger partial charge in [-0.2, -0.15) is 0 Å². The first-order chi connectivity index (χ1) is 12.0. The van der Waals surface area contributed by atoms with E-state index in [0.29, 0.717) is 22.1 Å². The Morgan fingerprint density at radius 2 is 2.12 bits per heavy atom. The lowest BCUT2D eigenvalue weighted by Crippen LogP contribution is -2.11. The number of nitrogens with zero attached hydrogens (tertiary/aromatic N) is 1. The summed E-state index contributed by atoms with van der Waals surface area (Å²) in [6.45, 7) is 1.83. The van der Waals surface area contributed by atoms with Gasteiger partial charge >= 0.3 is 5.97 Å². The van der Waals surface area contributed by atoms with Gasteiger partial charge in [-0.15, -0.1) is 11.3 Å². The van der Waals surface area contributed by atoms with Gasteiger partial charge in [0.2, 0.25) is 0 Å². The molecule has 7 nitrogen and oxygen atoms in total. The molecule has 0 radical (unpaired) electrons. The second-order valence-electron chi connectivity index (χ2n) is 5.31. The zero-order valence-corrected chi connectivity index (χ0v) is 14.3. The van der Waals surface area contributed by atoms with Crippen LogP contribution in [0.3, 0.4) is 0 Å². The van der Waals surface area contributed by atoms with Gasteiger partial charge in [-0.3, -0.25) is 10.1 Å². The minimum Gasteiger partial charge on any atom is -0.507 e. The van der Waals surface area contributed by atoms with Crippen LogP contribution in [0.15, 0.2) is 35.8 Å². The van der Waals surface area contributed by atoms with Crippen molar-refractivity contribution >= 4 is 28.3 Å². The molecular formula is C17H15N3O4S. The summed E-state index contributed by atoms with van der Waals surface area (Å²) in [6, 6.07) is 6.45. The second kappa shape index (κ2) is 6.78. The molecule has 0 bridgehead atoms. The number of H-pyrrole nitrogens is 1. The minimum atomic E-state index is -0.468. The van der Waals surface area contributed by atoms with Crippen molar-refractivity contribution in [2.75, 3.05) is 12.4 Å². The number of hydrogen-bond acceptors (Lipinski definition) is 6. The molecule has 0 unspecified atom stereocenters. The molecule has 8 heteroatoms. The molecule has 25 heavy (non-hydrogen) atoms. The summed E-state index contributed by atoms with van der Waals surface area (Å²) >= 11 is 1.25. The number of phenols is 1. The van der Waals surface area contributed by atoms with E-state index in [1.807, 2.05) is 6.92 Å². The lowest BCUT2D eigenvalue weighted by molar-refractivity contribution is 0.0594. The summed E-state index contributed by atoms with van der Waals surface area (Å²) in [5.74, 6) is -0.991. The Morgan fingerprint density at radius 3 is 2.84 bits per heavy atom. The number of ether oxygens (including phenoxy) is 1. The molecular weight excluding hydrogens is 342 g/mol. The zero-order chi connectivity index (χ0) is 18.0. The van der Waals surface area contributed by atoms with Crippen LogP contribution in [-0.4, -0.2) is 34.1 Å². The Morgan fingerprint density at radius 1 is 1.32 bits per heavy atom. The summed E-state index contributed by atoms with van der Waals surface area (Å²) in [5.41, 5.74) is 2.67. The number of nitrogens with one attached hydrogen (secondary N) is 2. The molecule has 2 heterocycles. The van der Waals surface area contributed by atoms with Crippen LogP contribution >= 0.6 is 11.3 Å². The Hall–Kier alpha value is -3.13. The first-order valence-electron chi connectivity index (χ1n) is 7.31. The van der Waals surface area contributed by atoms with Gasteiger partial charge in [0.25, 0.3) is 5.91 Å². The van der Waals surface area contributed by atoms with Gasteiger partial charge in [0, 0.05) is 17.1 Å². The van der Waals surface area contributed by atoms with E-state index in [-0.39, 0.29) is 11.3 Å². The average molecular weight is 357 g/mol. The number of aromatic amines is 1. The summed E-state index contributed by atoms with van der Waals surface area (Å²) in [7, 11) is 1.31. The van der Waals surface area contributed by atoms with Crippen LogP contribution in [0.1, 0.15) is 26.4 Å². The van der Waals surface area contributed by atoms with E-state index in [0.717, 1.165) is 5.56 Å². The highest BCUT2D eigenvalue weighted by Crippen LogP contribution is 2.27. The van der Waals surface area contributed by atoms with Gasteiger partial charge in [-0.1, -0.05) is 6.07 Å². The van der Waals surface area contributed by atoms with Crippen molar-refractivity contribution in [3.05, 3.63) is 52.7 Å². The fourth-order valence-electron chi connectivity index (χ4n) is 2.23. The molecule has 0 saturated heterocycles. The van der Waals surface area contributed by atoms with Crippen LogP contribution in [0.5, 0.6) is 5.75 Å². The molecule has 0 aliphatic heterocycles. The van der Waals surface area contributed by atoms with E-state index in [4.69, 9.17) is 0 Å². The third-order valence-corrected chi connectivity index (χ3v) is 4.26. The van der Waals surface area contributed by atoms with E-state index in [9.17, 15) is 14.7 Å². The maximum Gasteiger partial charge on any atom is 0.354 e. The predicted octanol–water partition coefficient (Wildman–Crippen LogP) is 3.19. The largest absolute Gasteiger partial charge is 0.507 e. The summed E-state index contributed by atoms with van der Waals surface area (Å²) in [6.07, 6.45) is 1.64. The van der Waals surface area contributed by atoms with Crippen LogP contribution in [-0.2, 0) is 4.74 Å². The van der Waals surface area contributed by atoms with Crippen LogP contribution in [0.4, 0.5) is 5.13 Å². The van der Waals surface area contributed by atoms with Crippen LogP contribution in [0.2, 0.25) is 0 Å². The van der Waals surface area contributed by atoms with Gasteiger partial charge in [0.05, 0.1) is 18.4 Å². The number of carbonyl (C=O) groups is 2. The number of rotatable bonds is 4. The Kier molecular flexibility index (Phi) is 4.53. The van der Waals surface area contributed by atoms with Crippen LogP contribution < -0.4 is 5.32 Å². The highest BCUT2D eigenvalue weighted by molar-refractivity contribution is 7.14. The molecule has 0 fully saturated rings. The Balaban J connectivity index is 1.76. The van der Waals surface area contributed by atoms with E-state index >= 15 is 0 Å². The number of aromatic nitrogens is 2. The van der Waals surface area contributed by atoms with Gasteiger partial charge in [-0.25, -0.2) is 9.78 Å². The van der Waals surface area contributed by atoms with E-state index in [2.05, 4.69) is 20.0 Å². The molecule has 2 aromatic heterocycles. The van der Waals surface area contributed by atoms with E-state index in [1.165, 1.54) is 24.5 Å². The quantitative estimate of drug-likeness (QED) is 0.622. The van der Waals surface area contributed by atoms with Crippen molar-refractivity contribution in [1.29, 1.82) is 0 Å². The normalized spacial score (nSPS) is 10.5. The standard InChI is InChI=1S/C17H15N3O4S/c1-9-3-4-11(14(21)5-9)15(22)20-17-19-13(8-25-17)10-6-12(18-7-10)16(23)24-2/h3-8,18,21H,1-2H3,(H,19,20,22). The lowest BCUT2D eigenvalue weighted by Gasteiger charge is -2.04. The fraction of sp³-hybridized carbons (Fsp3) is 0.118. The molecule has 0 aliphatic rings. The van der Waals surface area contributed by atoms with Gasteiger partial charge < -0.3 is 14.8 Å². The molecule has 0 atom stereocenters. The van der Waals surface area contributed by atoms with Crippen molar-refractivity contribution in [2.24, 2.45) is 0 Å². The zero-order valence-electron chi connectivity index (χ0n) is 13.5. The monoisotopic (exact) mass is 357 g/mol. The van der Waals surface area contributed by atoms with Crippen molar-refractivity contribution in [3.63, 3.8) is 0 Å². The second-order valence-corrected chi connectivity index (χ2v) is 6.16. The maximum absolute atomic E-state index is 12.3. The minimum absolute atomic E-state index is 0.0809. The smallest absolute Gasteiger partial charge is 0.354 e. The number of hydrogen-bond donors (Lipinski definition) is 3. The number of phenolic OH excluding ortho intramolecular Hbond substituents is 1. The Bertz CT molecular complexity index is 945. The highest BCUT2D eigenvalue weighted by Gasteiger charge is 2.15.